The van der Waals surface area contributed by atoms with E-state index in [9.17, 15) is 8.42 Å². The number of nitrogens with zero attached hydrogens (tertiary/aromatic N) is 1. The first-order valence-corrected chi connectivity index (χ1v) is 8.06. The highest BCUT2D eigenvalue weighted by atomic mass is 32.2. The monoisotopic (exact) mass is 305 g/mol. The number of fused-ring (bicyclic) bond motifs is 1. The fourth-order valence-corrected chi connectivity index (χ4v) is 3.83. The van der Waals surface area contributed by atoms with Crippen LogP contribution in [0.15, 0.2) is 47.4 Å². The van der Waals surface area contributed by atoms with Gasteiger partial charge in [0.1, 0.15) is 0 Å². The quantitative estimate of drug-likeness (QED) is 0.655. The number of amidine groups is 1. The molecule has 0 heterocycles. The highest BCUT2D eigenvalue weighted by Crippen LogP contribution is 2.26. The van der Waals surface area contributed by atoms with Gasteiger partial charge in [-0.2, -0.15) is 4.31 Å². The third-order valence-electron chi connectivity index (χ3n) is 3.54. The summed E-state index contributed by atoms with van der Waals surface area (Å²) < 4.78 is 26.8. The maximum absolute atomic E-state index is 12.8. The molecule has 21 heavy (non-hydrogen) atoms. The van der Waals surface area contributed by atoms with Crippen molar-refractivity contribution in [2.75, 3.05) is 7.05 Å². The van der Waals surface area contributed by atoms with Crippen LogP contribution in [0.5, 0.6) is 0 Å². The molecule has 1 atom stereocenters. The van der Waals surface area contributed by atoms with E-state index in [2.05, 4.69) is 0 Å². The standard InChI is InChI=1S/C15H19N3O2S/c1-11(10-15(16)17)18(2)21(19,20)14-9-5-7-12-6-3-4-8-13(12)14/h3-9,11H,10H2,1-2H3,(H3,16,17). The Morgan fingerprint density at radius 1 is 1.24 bits per heavy atom. The number of benzene rings is 2. The molecule has 0 aromatic heterocycles. The van der Waals surface area contributed by atoms with Gasteiger partial charge in [-0.3, -0.25) is 5.41 Å². The molecule has 0 aliphatic rings. The highest BCUT2D eigenvalue weighted by Gasteiger charge is 2.27. The van der Waals surface area contributed by atoms with Gasteiger partial charge in [0.15, 0.2) is 0 Å². The summed E-state index contributed by atoms with van der Waals surface area (Å²) in [4.78, 5) is 0.276. The Labute approximate surface area is 124 Å². The molecule has 0 bridgehead atoms. The number of nitrogens with two attached hydrogens (primary N) is 1. The zero-order valence-corrected chi connectivity index (χ0v) is 12.9. The highest BCUT2D eigenvalue weighted by molar-refractivity contribution is 7.89. The van der Waals surface area contributed by atoms with Crippen molar-refractivity contribution in [1.29, 1.82) is 5.41 Å². The maximum atomic E-state index is 12.8. The van der Waals surface area contributed by atoms with Gasteiger partial charge in [0.05, 0.1) is 10.7 Å². The number of nitrogens with one attached hydrogen (secondary N) is 1. The van der Waals surface area contributed by atoms with Crippen LogP contribution in [0, 0.1) is 5.41 Å². The lowest BCUT2D eigenvalue weighted by molar-refractivity contribution is 0.396. The molecular weight excluding hydrogens is 286 g/mol. The van der Waals surface area contributed by atoms with Gasteiger partial charge in [0, 0.05) is 24.9 Å². The van der Waals surface area contributed by atoms with E-state index in [-0.39, 0.29) is 23.2 Å². The summed E-state index contributed by atoms with van der Waals surface area (Å²) in [6.07, 6.45) is 0.209. The van der Waals surface area contributed by atoms with E-state index >= 15 is 0 Å². The summed E-state index contributed by atoms with van der Waals surface area (Å²) >= 11 is 0. The Morgan fingerprint density at radius 3 is 2.52 bits per heavy atom. The average Bonchev–Trinajstić information content (AvgIpc) is 2.45. The molecule has 3 N–H and O–H groups in total. The predicted molar refractivity (Wildman–Crippen MR) is 84.9 cm³/mol. The minimum atomic E-state index is -3.63. The summed E-state index contributed by atoms with van der Waals surface area (Å²) in [7, 11) is -2.11. The second-order valence-corrected chi connectivity index (χ2v) is 7.04. The van der Waals surface area contributed by atoms with Gasteiger partial charge in [0.25, 0.3) is 0 Å². The van der Waals surface area contributed by atoms with Gasteiger partial charge in [-0.25, -0.2) is 8.42 Å². The van der Waals surface area contributed by atoms with Crippen LogP contribution in [0.4, 0.5) is 0 Å². The number of sulfonamides is 1. The minimum Gasteiger partial charge on any atom is -0.388 e. The van der Waals surface area contributed by atoms with Crippen LogP contribution >= 0.6 is 0 Å². The zero-order chi connectivity index (χ0) is 15.6. The third-order valence-corrected chi connectivity index (χ3v) is 5.57. The molecule has 0 saturated carbocycles. The molecule has 0 spiro atoms. The van der Waals surface area contributed by atoms with Crippen molar-refractivity contribution in [3.63, 3.8) is 0 Å². The Hall–Kier alpha value is -1.92. The second kappa shape index (κ2) is 5.83. The molecule has 112 valence electrons. The molecular formula is C15H19N3O2S. The van der Waals surface area contributed by atoms with Crippen LogP contribution in [0.2, 0.25) is 0 Å². The van der Waals surface area contributed by atoms with E-state index in [1.165, 1.54) is 11.4 Å². The zero-order valence-electron chi connectivity index (χ0n) is 12.1. The van der Waals surface area contributed by atoms with Crippen molar-refractivity contribution in [2.45, 2.75) is 24.3 Å². The number of hydrogen-bond acceptors (Lipinski definition) is 3. The van der Waals surface area contributed by atoms with Crippen LogP contribution in [-0.4, -0.2) is 31.6 Å². The third kappa shape index (κ3) is 3.06. The van der Waals surface area contributed by atoms with Crippen LogP contribution < -0.4 is 5.73 Å². The summed E-state index contributed by atoms with van der Waals surface area (Å²) in [5, 5.41) is 8.89. The van der Waals surface area contributed by atoms with E-state index in [0.29, 0.717) is 5.39 Å². The molecule has 0 aliphatic heterocycles. The van der Waals surface area contributed by atoms with E-state index in [0.717, 1.165) is 5.39 Å². The van der Waals surface area contributed by atoms with Gasteiger partial charge in [-0.05, 0) is 18.4 Å². The van der Waals surface area contributed by atoms with Crippen LogP contribution in [0.1, 0.15) is 13.3 Å². The average molecular weight is 305 g/mol. The van der Waals surface area contributed by atoms with E-state index in [4.69, 9.17) is 11.1 Å². The predicted octanol–water partition coefficient (Wildman–Crippen LogP) is 2.17. The summed E-state index contributed by atoms with van der Waals surface area (Å²) in [5.74, 6) is -0.0255. The molecule has 0 saturated heterocycles. The molecule has 2 rings (SSSR count). The van der Waals surface area contributed by atoms with Gasteiger partial charge in [0.2, 0.25) is 10.0 Å². The van der Waals surface area contributed by atoms with E-state index in [1.807, 2.05) is 24.3 Å². The van der Waals surface area contributed by atoms with Gasteiger partial charge in [-0.1, -0.05) is 36.4 Å². The van der Waals surface area contributed by atoms with Crippen molar-refractivity contribution in [2.24, 2.45) is 5.73 Å². The van der Waals surface area contributed by atoms with E-state index < -0.39 is 10.0 Å². The minimum absolute atomic E-state index is 0.0255. The first-order valence-electron chi connectivity index (χ1n) is 6.62. The Bertz CT molecular complexity index is 766. The SMILES string of the molecule is CC(CC(=N)N)N(C)S(=O)(=O)c1cccc2ccccc12. The van der Waals surface area contributed by atoms with Crippen molar-refractivity contribution >= 4 is 26.6 Å². The molecule has 2 aromatic rings. The van der Waals surface area contributed by atoms with Crippen LogP contribution in [0.3, 0.4) is 0 Å². The van der Waals surface area contributed by atoms with Gasteiger partial charge < -0.3 is 5.73 Å². The first kappa shape index (κ1) is 15.5. The normalized spacial score (nSPS) is 13.5. The molecule has 0 radical (unpaired) electrons. The molecule has 2 aromatic carbocycles. The number of hydrogen-bond donors (Lipinski definition) is 2. The van der Waals surface area contributed by atoms with Crippen molar-refractivity contribution in [3.05, 3.63) is 42.5 Å². The largest absolute Gasteiger partial charge is 0.388 e. The summed E-state index contributed by atoms with van der Waals surface area (Å²) in [5.41, 5.74) is 5.37. The topological polar surface area (TPSA) is 87.2 Å². The maximum Gasteiger partial charge on any atom is 0.243 e. The molecule has 0 fully saturated rings. The van der Waals surface area contributed by atoms with Crippen LogP contribution in [0.25, 0.3) is 10.8 Å². The van der Waals surface area contributed by atoms with Crippen molar-refractivity contribution in [3.8, 4) is 0 Å². The molecule has 6 heteroatoms. The molecule has 1 unspecified atom stereocenters. The van der Waals surface area contributed by atoms with Crippen molar-refractivity contribution in [1.82, 2.24) is 4.31 Å². The molecule has 5 nitrogen and oxygen atoms in total. The lowest BCUT2D eigenvalue weighted by atomic mass is 10.1. The Balaban J connectivity index is 2.49. The number of rotatable bonds is 5. The van der Waals surface area contributed by atoms with Crippen LogP contribution in [-0.2, 0) is 10.0 Å². The first-order chi connectivity index (χ1) is 9.84. The van der Waals surface area contributed by atoms with Crippen molar-refractivity contribution < 1.29 is 8.42 Å². The summed E-state index contributed by atoms with van der Waals surface area (Å²) in [6.45, 7) is 1.74. The lowest BCUT2D eigenvalue weighted by Gasteiger charge is -2.24. The Kier molecular flexibility index (Phi) is 4.29. The fraction of sp³-hybridized carbons (Fsp3) is 0.267. The summed E-state index contributed by atoms with van der Waals surface area (Å²) in [6, 6.07) is 12.2. The second-order valence-electron chi connectivity index (χ2n) is 5.08. The molecule has 0 amide bonds. The Morgan fingerprint density at radius 2 is 1.86 bits per heavy atom. The fourth-order valence-electron chi connectivity index (χ4n) is 2.26. The molecule has 0 aliphatic carbocycles. The lowest BCUT2D eigenvalue weighted by Crippen LogP contribution is -2.37. The smallest absolute Gasteiger partial charge is 0.243 e. The van der Waals surface area contributed by atoms with Gasteiger partial charge >= 0.3 is 0 Å². The van der Waals surface area contributed by atoms with Gasteiger partial charge in [-0.15, -0.1) is 0 Å². The van der Waals surface area contributed by atoms with E-state index in [1.54, 1.807) is 25.1 Å².